The third kappa shape index (κ3) is 9.83. The summed E-state index contributed by atoms with van der Waals surface area (Å²) in [6, 6.07) is 29.1. The second kappa shape index (κ2) is 20.3. The van der Waals surface area contributed by atoms with Crippen LogP contribution in [0.25, 0.3) is 11.1 Å². The minimum absolute atomic E-state index is 0.0662. The highest BCUT2D eigenvalue weighted by Gasteiger charge is 2.65. The van der Waals surface area contributed by atoms with Gasteiger partial charge in [0.25, 0.3) is 5.91 Å². The number of unbranched alkanes of at least 4 members (excludes halogenated alkanes) is 2. The number of fused-ring (bicyclic) bond motifs is 3. The predicted octanol–water partition coefficient (Wildman–Crippen LogP) is 10.9. The Labute approximate surface area is 383 Å². The number of allylic oxidation sites excluding steroid dienone is 1. The maximum Gasteiger partial charge on any atom is 0.254 e. The zero-order chi connectivity index (χ0) is 45.6. The van der Waals surface area contributed by atoms with Crippen LogP contribution < -0.4 is 18.9 Å². The number of benzene rings is 4. The molecule has 0 radical (unpaired) electrons. The van der Waals surface area contributed by atoms with E-state index in [1.807, 2.05) is 68.1 Å². The predicted molar refractivity (Wildman–Crippen MR) is 252 cm³/mol. The number of aliphatic hydroxyl groups is 2. The molecule has 11 heteroatoms. The van der Waals surface area contributed by atoms with Crippen LogP contribution in [-0.2, 0) is 9.57 Å². The minimum atomic E-state index is -1.39. The summed E-state index contributed by atoms with van der Waals surface area (Å²) in [5.41, 5.74) is 4.81. The van der Waals surface area contributed by atoms with E-state index >= 15 is 4.79 Å². The van der Waals surface area contributed by atoms with Gasteiger partial charge in [0.1, 0.15) is 28.9 Å². The molecule has 0 aromatic heterocycles. The van der Waals surface area contributed by atoms with Gasteiger partial charge in [-0.3, -0.25) is 4.79 Å². The molecule has 2 aliphatic heterocycles. The van der Waals surface area contributed by atoms with Crippen molar-refractivity contribution in [2.24, 2.45) is 22.9 Å². The Hall–Kier alpha value is -5.62. The summed E-state index contributed by atoms with van der Waals surface area (Å²) in [6.45, 7) is 13.0. The fraction of sp³-hybridized carbons (Fsp3) is 0.444. The second-order valence-electron chi connectivity index (χ2n) is 18.5. The van der Waals surface area contributed by atoms with Crippen LogP contribution in [0.2, 0.25) is 0 Å². The van der Waals surface area contributed by atoms with Crippen molar-refractivity contribution in [2.45, 2.75) is 102 Å². The van der Waals surface area contributed by atoms with Crippen molar-refractivity contribution in [2.75, 3.05) is 33.2 Å². The molecule has 11 nitrogen and oxygen atoms in total. The Morgan fingerprint density at radius 1 is 0.877 bits per heavy atom. The average Bonchev–Trinajstić information content (AvgIpc) is 3.79. The Morgan fingerprint density at radius 2 is 1.58 bits per heavy atom. The molecule has 2 N–H and O–H groups in total. The van der Waals surface area contributed by atoms with Crippen molar-refractivity contribution < 1.29 is 43.5 Å². The molecular formula is C54H64N2O9. The molecular weight excluding hydrogens is 821 g/mol. The van der Waals surface area contributed by atoms with Crippen molar-refractivity contribution in [3.05, 3.63) is 126 Å². The van der Waals surface area contributed by atoms with Gasteiger partial charge in [0.2, 0.25) is 12.6 Å². The molecule has 1 fully saturated rings. The van der Waals surface area contributed by atoms with Gasteiger partial charge in [0.15, 0.2) is 11.5 Å². The molecule has 4 aromatic carbocycles. The first-order valence-electron chi connectivity index (χ1n) is 23.4. The van der Waals surface area contributed by atoms with Crippen molar-refractivity contribution >= 4 is 11.6 Å². The lowest BCUT2D eigenvalue weighted by molar-refractivity contribution is -0.254. The fourth-order valence-electron chi connectivity index (χ4n) is 10.2. The van der Waals surface area contributed by atoms with Crippen LogP contribution in [0, 0.1) is 17.8 Å². The molecule has 0 unspecified atom stereocenters. The molecule has 0 spiro atoms. The van der Waals surface area contributed by atoms with Gasteiger partial charge in [-0.25, -0.2) is 0 Å². The van der Waals surface area contributed by atoms with Crippen LogP contribution in [0.15, 0.2) is 120 Å². The van der Waals surface area contributed by atoms with Gasteiger partial charge in [-0.15, -0.1) is 6.58 Å². The van der Waals surface area contributed by atoms with E-state index in [4.69, 9.17) is 33.7 Å². The fourth-order valence-corrected chi connectivity index (χ4v) is 10.2. The molecule has 2 aliphatic carbocycles. The standard InChI is InChI=1S/C54H64N2O9/c1-6-27-56(52(59)39-21-25-47-48(32-39)61-35-60-47)49-34-45(55-65-53(3,4)5)43-31-38(17-11-13-28-57)42(18-12-14-29-58)50-44-33-41(24-26-46(44)64-54(49,51(43)50)62-30-7-2)63-40-22-19-37(20-23-40)36-15-9-8-10-16-36/h7-10,15-16,19-26,31-33,38,42,49-51,57-58H,2,6,11-14,17-18,27-30,34-35H2,1,3-5H3/t38-,42+,49-,50+,51+,54+/m0/s1. The molecule has 0 saturated heterocycles. The molecule has 8 rings (SSSR count). The molecule has 1 saturated carbocycles. The van der Waals surface area contributed by atoms with E-state index in [1.54, 1.807) is 24.3 Å². The van der Waals surface area contributed by atoms with Crippen molar-refractivity contribution in [1.29, 1.82) is 0 Å². The molecule has 0 bridgehead atoms. The molecule has 6 atom stereocenters. The topological polar surface area (TPSA) is 129 Å². The van der Waals surface area contributed by atoms with Crippen LogP contribution >= 0.6 is 0 Å². The Kier molecular flexibility index (Phi) is 14.3. The highest BCUT2D eigenvalue weighted by atomic mass is 16.7. The first-order valence-corrected chi connectivity index (χ1v) is 23.4. The highest BCUT2D eigenvalue weighted by Crippen LogP contribution is 2.62. The van der Waals surface area contributed by atoms with Crippen LogP contribution in [0.4, 0.5) is 0 Å². The summed E-state index contributed by atoms with van der Waals surface area (Å²) in [4.78, 5) is 23.4. The Morgan fingerprint density at radius 3 is 2.31 bits per heavy atom. The van der Waals surface area contributed by atoms with Gasteiger partial charge in [0, 0.05) is 43.2 Å². The number of rotatable bonds is 19. The van der Waals surface area contributed by atoms with E-state index in [0.29, 0.717) is 66.5 Å². The third-order valence-electron chi connectivity index (χ3n) is 13.0. The summed E-state index contributed by atoms with van der Waals surface area (Å²) >= 11 is 0. The number of nitrogens with zero attached hydrogens (tertiary/aromatic N) is 2. The van der Waals surface area contributed by atoms with Gasteiger partial charge in [-0.2, -0.15) is 0 Å². The van der Waals surface area contributed by atoms with Crippen molar-refractivity contribution in [3.63, 3.8) is 0 Å². The summed E-state index contributed by atoms with van der Waals surface area (Å²) in [5, 5.41) is 25.0. The molecule has 65 heavy (non-hydrogen) atoms. The summed E-state index contributed by atoms with van der Waals surface area (Å²) in [5.74, 6) is 1.09. The zero-order valence-electron chi connectivity index (χ0n) is 38.2. The van der Waals surface area contributed by atoms with Gasteiger partial charge in [-0.05, 0) is 130 Å². The lowest BCUT2D eigenvalue weighted by Crippen LogP contribution is -2.70. The molecule has 2 heterocycles. The molecule has 4 aromatic rings. The average molecular weight is 885 g/mol. The Bertz CT molecular complexity index is 2340. The van der Waals surface area contributed by atoms with Crippen LogP contribution in [0.3, 0.4) is 0 Å². The first kappa shape index (κ1) is 45.9. The number of aliphatic hydroxyl groups excluding tert-OH is 2. The van der Waals surface area contributed by atoms with E-state index < -0.39 is 23.3 Å². The van der Waals surface area contributed by atoms with Crippen molar-refractivity contribution in [3.8, 4) is 39.9 Å². The number of carbonyl (C=O) groups is 1. The normalized spacial score (nSPS) is 23.4. The number of hydrogen-bond acceptors (Lipinski definition) is 10. The summed E-state index contributed by atoms with van der Waals surface area (Å²) < 4.78 is 32.6. The van der Waals surface area contributed by atoms with Gasteiger partial charge in [-0.1, -0.05) is 79.5 Å². The highest BCUT2D eigenvalue weighted by molar-refractivity contribution is 6.03. The molecule has 344 valence electrons. The minimum Gasteiger partial charge on any atom is -0.459 e. The quantitative estimate of drug-likeness (QED) is 0.0537. The monoisotopic (exact) mass is 884 g/mol. The van der Waals surface area contributed by atoms with E-state index in [2.05, 4.69) is 49.9 Å². The third-order valence-corrected chi connectivity index (χ3v) is 13.0. The van der Waals surface area contributed by atoms with Crippen molar-refractivity contribution in [1.82, 2.24) is 4.90 Å². The van der Waals surface area contributed by atoms with Crippen LogP contribution in [-0.4, -0.2) is 77.3 Å². The van der Waals surface area contributed by atoms with E-state index in [0.717, 1.165) is 53.7 Å². The number of carbonyl (C=O) groups excluding carboxylic acids is 1. The van der Waals surface area contributed by atoms with E-state index in [9.17, 15) is 10.2 Å². The lowest BCUT2D eigenvalue weighted by Gasteiger charge is -2.60. The van der Waals surface area contributed by atoms with E-state index in [-0.39, 0.29) is 50.3 Å². The summed E-state index contributed by atoms with van der Waals surface area (Å²) in [7, 11) is 0. The van der Waals surface area contributed by atoms with Gasteiger partial charge < -0.3 is 43.6 Å². The smallest absolute Gasteiger partial charge is 0.254 e. The van der Waals surface area contributed by atoms with Crippen LogP contribution in [0.1, 0.15) is 101 Å². The van der Waals surface area contributed by atoms with Crippen LogP contribution in [0.5, 0.6) is 28.7 Å². The number of amides is 1. The Balaban J connectivity index is 1.30. The second-order valence-corrected chi connectivity index (χ2v) is 18.5. The maximum absolute atomic E-state index is 15.1. The zero-order valence-corrected chi connectivity index (χ0v) is 38.2. The summed E-state index contributed by atoms with van der Waals surface area (Å²) in [6.07, 6.45) is 9.74. The largest absolute Gasteiger partial charge is 0.459 e. The van der Waals surface area contributed by atoms with E-state index in [1.165, 1.54) is 0 Å². The van der Waals surface area contributed by atoms with Gasteiger partial charge >= 0.3 is 0 Å². The number of ether oxygens (including phenoxy) is 5. The maximum atomic E-state index is 15.1. The SMILES string of the molecule is C=CCO[C@@]12Oc3ccc(Oc4ccc(-c5ccccc5)cc4)cc3[C@H]3[C@H](CCCCO)[C@@H](CCCCO)C=C(C(=NOC(C)(C)C)C[C@@H]1N(CCC)C(=O)c1ccc4c(c1)OCO4)[C@H]32. The lowest BCUT2D eigenvalue weighted by atomic mass is 9.55. The molecule has 1 amide bonds. The molecule has 4 aliphatic rings. The number of oxime groups is 1. The number of hydrogen-bond donors (Lipinski definition) is 2. The first-order chi connectivity index (χ1) is 31.6. The van der Waals surface area contributed by atoms with Gasteiger partial charge in [0.05, 0.1) is 18.2 Å².